The minimum Gasteiger partial charge on any atom is -0.452 e. The van der Waals surface area contributed by atoms with Crippen LogP contribution in [0.5, 0.6) is 0 Å². The average Bonchev–Trinajstić information content (AvgIpc) is 2.67. The molecule has 27 heavy (non-hydrogen) atoms. The Morgan fingerprint density at radius 1 is 1.19 bits per heavy atom. The van der Waals surface area contributed by atoms with Crippen LogP contribution in [-0.4, -0.2) is 47.4 Å². The quantitative estimate of drug-likeness (QED) is 0.735. The summed E-state index contributed by atoms with van der Waals surface area (Å²) in [6.45, 7) is 3.27. The summed E-state index contributed by atoms with van der Waals surface area (Å²) in [5.41, 5.74) is 1.74. The Kier molecular flexibility index (Phi) is 7.31. The number of nitrogens with zero attached hydrogens (tertiary/aromatic N) is 2. The molecule has 0 unspecified atom stereocenters. The molecule has 0 spiro atoms. The lowest BCUT2D eigenvalue weighted by atomic mass is 10.2. The highest BCUT2D eigenvalue weighted by Gasteiger charge is 2.18. The molecule has 2 rings (SSSR count). The van der Waals surface area contributed by atoms with Crippen molar-refractivity contribution in [3.8, 4) is 0 Å². The minimum absolute atomic E-state index is 0.159. The van der Waals surface area contributed by atoms with Gasteiger partial charge in [-0.2, -0.15) is 0 Å². The number of pyridine rings is 1. The summed E-state index contributed by atoms with van der Waals surface area (Å²) in [7, 11) is 0. The third-order valence-electron chi connectivity index (χ3n) is 3.79. The topological polar surface area (TPSA) is 88.6 Å². The summed E-state index contributed by atoms with van der Waals surface area (Å²) in [6, 6.07) is 8.14. The van der Waals surface area contributed by atoms with Gasteiger partial charge in [0.05, 0.1) is 12.1 Å². The van der Waals surface area contributed by atoms with E-state index in [0.29, 0.717) is 22.8 Å². The molecule has 0 radical (unpaired) electrons. The maximum atomic E-state index is 12.3. The molecule has 0 fully saturated rings. The number of likely N-dealkylation sites (N-methyl/N-ethyl adjacent to an activating group) is 1. The second-order valence-corrected chi connectivity index (χ2v) is 6.16. The number of rotatable bonds is 7. The van der Waals surface area contributed by atoms with Crippen molar-refractivity contribution < 1.29 is 19.1 Å². The maximum Gasteiger partial charge on any atom is 0.338 e. The second-order valence-electron chi connectivity index (χ2n) is 5.73. The Hall–Kier alpha value is -2.93. The molecule has 142 valence electrons. The number of amides is 2. The summed E-state index contributed by atoms with van der Waals surface area (Å²) in [6.07, 6.45) is 2.91. The summed E-state index contributed by atoms with van der Waals surface area (Å²) < 4.78 is 5.00. The van der Waals surface area contributed by atoms with Crippen LogP contribution in [0.4, 0.5) is 5.69 Å². The van der Waals surface area contributed by atoms with Crippen LogP contribution in [0, 0.1) is 6.92 Å². The largest absolute Gasteiger partial charge is 0.452 e. The van der Waals surface area contributed by atoms with Gasteiger partial charge in [-0.3, -0.25) is 14.6 Å². The predicted octanol–water partition coefficient (Wildman–Crippen LogP) is 2.69. The second kappa shape index (κ2) is 9.68. The zero-order chi connectivity index (χ0) is 19.8. The number of carbonyl (C=O) groups is 3. The fourth-order valence-electron chi connectivity index (χ4n) is 2.26. The Balaban J connectivity index is 1.89. The van der Waals surface area contributed by atoms with Crippen LogP contribution in [0.2, 0.25) is 5.02 Å². The minimum atomic E-state index is -0.624. The molecule has 0 saturated carbocycles. The molecule has 1 heterocycles. The first kappa shape index (κ1) is 20.4. The smallest absolute Gasteiger partial charge is 0.338 e. The van der Waals surface area contributed by atoms with Crippen LogP contribution < -0.4 is 5.32 Å². The van der Waals surface area contributed by atoms with Crippen molar-refractivity contribution >= 4 is 35.1 Å². The van der Waals surface area contributed by atoms with Gasteiger partial charge in [-0.15, -0.1) is 0 Å². The van der Waals surface area contributed by atoms with Gasteiger partial charge in [0.15, 0.2) is 6.61 Å². The van der Waals surface area contributed by atoms with E-state index in [1.54, 1.807) is 25.1 Å². The molecule has 0 bridgehead atoms. The molecule has 1 aromatic carbocycles. The Morgan fingerprint density at radius 2 is 1.89 bits per heavy atom. The monoisotopic (exact) mass is 389 g/mol. The van der Waals surface area contributed by atoms with Gasteiger partial charge >= 0.3 is 5.97 Å². The van der Waals surface area contributed by atoms with Gasteiger partial charge in [-0.25, -0.2) is 4.79 Å². The number of anilines is 1. The number of hydrogen-bond acceptors (Lipinski definition) is 5. The molecule has 1 N–H and O–H groups in total. The summed E-state index contributed by atoms with van der Waals surface area (Å²) in [5.74, 6) is -1.45. The van der Waals surface area contributed by atoms with Gasteiger partial charge in [-0.1, -0.05) is 17.7 Å². The van der Waals surface area contributed by atoms with E-state index in [0.717, 1.165) is 5.56 Å². The van der Waals surface area contributed by atoms with E-state index >= 15 is 0 Å². The van der Waals surface area contributed by atoms with Crippen molar-refractivity contribution in [2.75, 3.05) is 25.0 Å². The maximum absolute atomic E-state index is 12.3. The lowest BCUT2D eigenvalue weighted by Gasteiger charge is -2.20. The summed E-state index contributed by atoms with van der Waals surface area (Å²) >= 11 is 5.94. The van der Waals surface area contributed by atoms with Crippen LogP contribution in [0.1, 0.15) is 22.8 Å². The molecule has 2 amide bonds. The van der Waals surface area contributed by atoms with Crippen molar-refractivity contribution in [1.82, 2.24) is 9.88 Å². The molecule has 0 atom stereocenters. The van der Waals surface area contributed by atoms with E-state index < -0.39 is 18.5 Å². The SMILES string of the molecule is CCN(CC(=O)Nc1cc(Cl)ccc1C)C(=O)COC(=O)c1ccncc1. The van der Waals surface area contributed by atoms with E-state index in [9.17, 15) is 14.4 Å². The first-order valence-electron chi connectivity index (χ1n) is 8.31. The zero-order valence-corrected chi connectivity index (χ0v) is 15.8. The molecule has 0 aliphatic rings. The Bertz CT molecular complexity index is 827. The highest BCUT2D eigenvalue weighted by molar-refractivity contribution is 6.31. The van der Waals surface area contributed by atoms with E-state index in [4.69, 9.17) is 16.3 Å². The van der Waals surface area contributed by atoms with Gasteiger partial charge in [0.2, 0.25) is 5.91 Å². The number of hydrogen-bond donors (Lipinski definition) is 1. The molecule has 0 aliphatic heterocycles. The fraction of sp³-hybridized carbons (Fsp3) is 0.263. The van der Waals surface area contributed by atoms with Gasteiger partial charge in [0, 0.05) is 29.6 Å². The fourth-order valence-corrected chi connectivity index (χ4v) is 2.43. The zero-order valence-electron chi connectivity index (χ0n) is 15.1. The van der Waals surface area contributed by atoms with Crippen LogP contribution in [0.15, 0.2) is 42.7 Å². The highest BCUT2D eigenvalue weighted by atomic mass is 35.5. The normalized spacial score (nSPS) is 10.2. The van der Waals surface area contributed by atoms with Crippen LogP contribution in [0.3, 0.4) is 0 Å². The molecule has 8 heteroatoms. The number of aromatic nitrogens is 1. The number of halogens is 1. The van der Waals surface area contributed by atoms with Gasteiger partial charge in [-0.05, 0) is 43.7 Å². The van der Waals surface area contributed by atoms with E-state index in [1.807, 2.05) is 6.92 Å². The van der Waals surface area contributed by atoms with Gasteiger partial charge in [0.1, 0.15) is 0 Å². The third kappa shape index (κ3) is 6.07. The number of carbonyl (C=O) groups excluding carboxylic acids is 3. The Morgan fingerprint density at radius 3 is 2.56 bits per heavy atom. The summed E-state index contributed by atoms with van der Waals surface area (Å²) in [4.78, 5) is 41.5. The van der Waals surface area contributed by atoms with E-state index in [-0.39, 0.29) is 12.5 Å². The number of esters is 1. The van der Waals surface area contributed by atoms with Crippen molar-refractivity contribution in [3.63, 3.8) is 0 Å². The van der Waals surface area contributed by atoms with Crippen LogP contribution in [0.25, 0.3) is 0 Å². The van der Waals surface area contributed by atoms with Crippen molar-refractivity contribution in [2.45, 2.75) is 13.8 Å². The van der Waals surface area contributed by atoms with Crippen molar-refractivity contribution in [2.24, 2.45) is 0 Å². The molecule has 7 nitrogen and oxygen atoms in total. The number of nitrogens with one attached hydrogen (secondary N) is 1. The van der Waals surface area contributed by atoms with Crippen molar-refractivity contribution in [1.29, 1.82) is 0 Å². The molecule has 2 aromatic rings. The Labute approximate surface area is 162 Å². The third-order valence-corrected chi connectivity index (χ3v) is 4.02. The van der Waals surface area contributed by atoms with Gasteiger partial charge in [0.25, 0.3) is 5.91 Å². The molecule has 0 saturated heterocycles. The number of ether oxygens (including phenoxy) is 1. The number of benzene rings is 1. The van der Waals surface area contributed by atoms with E-state index in [1.165, 1.54) is 29.4 Å². The first-order chi connectivity index (χ1) is 12.9. The van der Waals surface area contributed by atoms with Gasteiger partial charge < -0.3 is 15.0 Å². The summed E-state index contributed by atoms with van der Waals surface area (Å²) in [5, 5.41) is 3.23. The molecule has 0 aliphatic carbocycles. The average molecular weight is 390 g/mol. The molecular weight excluding hydrogens is 370 g/mol. The standard InChI is InChI=1S/C19H20ClN3O4/c1-3-23(11-17(24)22-16-10-15(20)5-4-13(16)2)18(25)12-27-19(26)14-6-8-21-9-7-14/h4-10H,3,11-12H2,1-2H3,(H,22,24). The predicted molar refractivity (Wildman–Crippen MR) is 102 cm³/mol. The number of aryl methyl sites for hydroxylation is 1. The van der Waals surface area contributed by atoms with Crippen LogP contribution in [-0.2, 0) is 14.3 Å². The van der Waals surface area contributed by atoms with Crippen molar-refractivity contribution in [3.05, 3.63) is 58.9 Å². The molecule has 1 aromatic heterocycles. The molecular formula is C19H20ClN3O4. The first-order valence-corrected chi connectivity index (χ1v) is 8.69. The van der Waals surface area contributed by atoms with E-state index in [2.05, 4.69) is 10.3 Å². The lowest BCUT2D eigenvalue weighted by molar-refractivity contribution is -0.137. The lowest BCUT2D eigenvalue weighted by Crippen LogP contribution is -2.40. The van der Waals surface area contributed by atoms with Crippen LogP contribution >= 0.6 is 11.6 Å². The highest BCUT2D eigenvalue weighted by Crippen LogP contribution is 2.20.